The van der Waals surface area contributed by atoms with Crippen molar-refractivity contribution in [2.24, 2.45) is 4.99 Å². The number of benzene rings is 1. The molecule has 0 aliphatic rings. The topological polar surface area (TPSA) is 67.8 Å². The van der Waals surface area contributed by atoms with Gasteiger partial charge in [-0.15, -0.1) is 0 Å². The van der Waals surface area contributed by atoms with Gasteiger partial charge in [-0.2, -0.15) is 31.3 Å². The number of carbonyl (C=O) groups excluding carboxylic acids is 2. The number of nitrogens with zero attached hydrogens (tertiary/aromatic N) is 1. The third kappa shape index (κ3) is 5.56. The number of nitrogens with one attached hydrogen (secondary N) is 1. The van der Waals surface area contributed by atoms with Gasteiger partial charge in [-0.1, -0.05) is 24.3 Å². The molecule has 0 aromatic heterocycles. The van der Waals surface area contributed by atoms with E-state index in [2.05, 4.69) is 15.0 Å². The highest BCUT2D eigenvalue weighted by Crippen LogP contribution is 2.48. The maximum absolute atomic E-state index is 13.5. The van der Waals surface area contributed by atoms with Crippen LogP contribution in [0.15, 0.2) is 29.3 Å². The minimum absolute atomic E-state index is 0.349. The van der Waals surface area contributed by atoms with Gasteiger partial charge in [0, 0.05) is 0 Å². The zero-order valence-corrected chi connectivity index (χ0v) is 17.3. The number of hydrogen-bond acceptors (Lipinski definition) is 4. The summed E-state index contributed by atoms with van der Waals surface area (Å²) in [7, 11) is 0. The van der Waals surface area contributed by atoms with Crippen LogP contribution < -0.4 is 5.32 Å². The zero-order chi connectivity index (χ0) is 25.2. The van der Waals surface area contributed by atoms with Crippen LogP contribution in [0.4, 0.5) is 39.9 Å². The van der Waals surface area contributed by atoms with Gasteiger partial charge in [0.2, 0.25) is 6.08 Å². The van der Waals surface area contributed by atoms with Crippen molar-refractivity contribution in [1.82, 2.24) is 5.32 Å². The quantitative estimate of drug-likeness (QED) is 0.295. The van der Waals surface area contributed by atoms with Crippen LogP contribution in [0.1, 0.15) is 38.8 Å². The lowest BCUT2D eigenvalue weighted by Crippen LogP contribution is -2.59. The van der Waals surface area contributed by atoms with Gasteiger partial charge in [0.05, 0.1) is 11.1 Å². The maximum atomic E-state index is 13.5. The highest BCUT2D eigenvalue weighted by Gasteiger charge is 2.75. The summed E-state index contributed by atoms with van der Waals surface area (Å²) in [5.74, 6) is -18.6. The molecule has 180 valence electrons. The molecule has 0 spiro atoms. The highest BCUT2D eigenvalue weighted by molar-refractivity contribution is 5.68. The SMILES string of the molecule is CC(C)(N=C=O)c1cccc(C(C)(C)NC(=O)OCC(F)(F)C(F)(F)C(F)(F)C(F)F)c1. The smallest absolute Gasteiger partial charge is 0.408 e. The van der Waals surface area contributed by atoms with E-state index in [0.29, 0.717) is 11.1 Å². The minimum atomic E-state index is -6.48. The highest BCUT2D eigenvalue weighted by atomic mass is 19.4. The summed E-state index contributed by atoms with van der Waals surface area (Å²) in [4.78, 5) is 26.1. The van der Waals surface area contributed by atoms with E-state index in [1.807, 2.05) is 0 Å². The lowest BCUT2D eigenvalue weighted by atomic mass is 9.88. The fraction of sp³-hybridized carbons (Fsp3) is 0.579. The summed E-state index contributed by atoms with van der Waals surface area (Å²) >= 11 is 0. The monoisotopic (exact) mass is 476 g/mol. The molecule has 0 unspecified atom stereocenters. The van der Waals surface area contributed by atoms with Crippen LogP contribution in [0, 0.1) is 0 Å². The Morgan fingerprint density at radius 1 is 1.06 bits per heavy atom. The fourth-order valence-corrected chi connectivity index (χ4v) is 2.46. The molecule has 1 rings (SSSR count). The van der Waals surface area contributed by atoms with E-state index in [1.54, 1.807) is 19.9 Å². The van der Waals surface area contributed by atoms with Crippen molar-refractivity contribution >= 4 is 12.2 Å². The molecule has 0 saturated carbocycles. The first-order valence-electron chi connectivity index (χ1n) is 8.88. The fourth-order valence-electron chi connectivity index (χ4n) is 2.46. The van der Waals surface area contributed by atoms with Gasteiger partial charge in [-0.25, -0.2) is 18.4 Å². The third-order valence-corrected chi connectivity index (χ3v) is 4.57. The second kappa shape index (κ2) is 9.05. The normalized spacial score (nSPS) is 13.5. The summed E-state index contributed by atoms with van der Waals surface area (Å²) < 4.78 is 107. The van der Waals surface area contributed by atoms with E-state index >= 15 is 0 Å². The van der Waals surface area contributed by atoms with Crippen LogP contribution in [0.25, 0.3) is 0 Å². The van der Waals surface area contributed by atoms with Gasteiger partial charge < -0.3 is 10.1 Å². The van der Waals surface area contributed by atoms with E-state index in [-0.39, 0.29) is 0 Å². The van der Waals surface area contributed by atoms with Crippen LogP contribution in [0.5, 0.6) is 0 Å². The van der Waals surface area contributed by atoms with Gasteiger partial charge in [0.25, 0.3) is 0 Å². The number of amides is 1. The number of alkyl carbamates (subject to hydrolysis) is 1. The molecule has 0 saturated heterocycles. The van der Waals surface area contributed by atoms with Crippen LogP contribution in [-0.4, -0.2) is 43.0 Å². The van der Waals surface area contributed by atoms with Crippen molar-refractivity contribution in [1.29, 1.82) is 0 Å². The van der Waals surface area contributed by atoms with Crippen molar-refractivity contribution in [3.8, 4) is 0 Å². The Labute approximate surface area is 177 Å². The average Bonchev–Trinajstić information content (AvgIpc) is 2.65. The first kappa shape index (κ1) is 27.3. The molecule has 32 heavy (non-hydrogen) atoms. The maximum Gasteiger partial charge on any atom is 0.408 e. The van der Waals surface area contributed by atoms with Crippen molar-refractivity contribution in [3.63, 3.8) is 0 Å². The van der Waals surface area contributed by atoms with Gasteiger partial charge in [0.15, 0.2) is 6.61 Å². The van der Waals surface area contributed by atoms with Gasteiger partial charge in [-0.3, -0.25) is 0 Å². The van der Waals surface area contributed by atoms with Crippen molar-refractivity contribution < 1.29 is 49.4 Å². The molecule has 0 atom stereocenters. The van der Waals surface area contributed by atoms with Crippen LogP contribution in [0.3, 0.4) is 0 Å². The Balaban J connectivity index is 2.98. The Bertz CT molecular complexity index is 881. The van der Waals surface area contributed by atoms with E-state index in [4.69, 9.17) is 0 Å². The van der Waals surface area contributed by atoms with Crippen molar-refractivity contribution in [3.05, 3.63) is 35.4 Å². The van der Waals surface area contributed by atoms with Crippen LogP contribution in [0.2, 0.25) is 0 Å². The molecule has 1 aromatic rings. The molecule has 0 fully saturated rings. The number of isocyanates is 1. The van der Waals surface area contributed by atoms with E-state index < -0.39 is 48.0 Å². The third-order valence-electron chi connectivity index (χ3n) is 4.57. The van der Waals surface area contributed by atoms with Crippen molar-refractivity contribution in [2.45, 2.75) is 63.0 Å². The van der Waals surface area contributed by atoms with E-state index in [1.165, 1.54) is 38.1 Å². The van der Waals surface area contributed by atoms with Gasteiger partial charge in [-0.05, 0) is 38.8 Å². The largest absolute Gasteiger partial charge is 0.443 e. The summed E-state index contributed by atoms with van der Waals surface area (Å²) in [5.41, 5.74) is -1.51. The Morgan fingerprint density at radius 3 is 2.09 bits per heavy atom. The lowest BCUT2D eigenvalue weighted by Gasteiger charge is -2.32. The van der Waals surface area contributed by atoms with E-state index in [9.17, 15) is 44.7 Å². The number of rotatable bonds is 9. The second-order valence-corrected chi connectivity index (χ2v) is 7.87. The number of alkyl halides is 8. The van der Waals surface area contributed by atoms with Gasteiger partial charge in [0.1, 0.15) is 0 Å². The second-order valence-electron chi connectivity index (χ2n) is 7.87. The number of halogens is 8. The molecule has 1 aromatic carbocycles. The molecule has 0 heterocycles. The Kier molecular flexibility index (Phi) is 7.73. The van der Waals surface area contributed by atoms with Gasteiger partial charge >= 0.3 is 30.3 Å². The molecule has 0 aliphatic carbocycles. The molecule has 1 N–H and O–H groups in total. The number of hydrogen-bond donors (Lipinski definition) is 1. The predicted octanol–water partition coefficient (Wildman–Crippen LogP) is 5.39. The number of carbonyl (C=O) groups is 1. The summed E-state index contributed by atoms with van der Waals surface area (Å²) in [6.07, 6.45) is -5.36. The summed E-state index contributed by atoms with van der Waals surface area (Å²) in [6.45, 7) is 3.35. The molecular formula is C19H20F8N2O3. The summed E-state index contributed by atoms with van der Waals surface area (Å²) in [6, 6.07) is 6.14. The Hall–Kier alpha value is -2.69. The van der Waals surface area contributed by atoms with E-state index in [0.717, 1.165) is 0 Å². The van der Waals surface area contributed by atoms with Crippen LogP contribution >= 0.6 is 0 Å². The molecule has 13 heteroatoms. The molecular weight excluding hydrogens is 456 g/mol. The molecule has 0 aliphatic heterocycles. The number of ether oxygens (including phenoxy) is 1. The molecule has 1 amide bonds. The standard InChI is InChI=1S/C19H20F8N2O3/c1-15(2,28-10-30)11-6-5-7-12(8-11)16(3,4)29-14(31)32-9-17(22,23)19(26,27)18(24,25)13(20)21/h5-8,13H,9H2,1-4H3,(H,29,31). The lowest BCUT2D eigenvalue weighted by molar-refractivity contribution is -0.343. The average molecular weight is 476 g/mol. The van der Waals surface area contributed by atoms with Crippen LogP contribution in [-0.2, 0) is 20.6 Å². The molecule has 5 nitrogen and oxygen atoms in total. The molecule has 0 radical (unpaired) electrons. The predicted molar refractivity (Wildman–Crippen MR) is 95.9 cm³/mol. The number of aliphatic imine (C=N–C) groups is 1. The first-order valence-corrected chi connectivity index (χ1v) is 8.88. The zero-order valence-electron chi connectivity index (χ0n) is 17.3. The van der Waals surface area contributed by atoms with Crippen molar-refractivity contribution in [2.75, 3.05) is 6.61 Å². The molecule has 0 bridgehead atoms. The Morgan fingerprint density at radius 2 is 1.59 bits per heavy atom. The summed E-state index contributed by atoms with van der Waals surface area (Å²) in [5, 5.41) is 2.09. The first-order chi connectivity index (χ1) is 14.3. The minimum Gasteiger partial charge on any atom is -0.443 e.